The lowest BCUT2D eigenvalue weighted by Crippen LogP contribution is -3.24. The highest BCUT2D eigenvalue weighted by atomic mass is 16.1. The van der Waals surface area contributed by atoms with Crippen molar-refractivity contribution in [3.05, 3.63) is 35.9 Å². The van der Waals surface area contributed by atoms with Gasteiger partial charge in [0.2, 0.25) is 0 Å². The quantitative estimate of drug-likeness (QED) is 0.549. The average Bonchev–Trinajstić information content (AvgIpc) is 2.29. The van der Waals surface area contributed by atoms with Gasteiger partial charge in [0, 0.05) is 12.5 Å². The van der Waals surface area contributed by atoms with Gasteiger partial charge in [-0.2, -0.15) is 0 Å². The first-order chi connectivity index (χ1) is 8.10. The van der Waals surface area contributed by atoms with E-state index in [0.29, 0.717) is 6.54 Å². The minimum Gasteiger partial charge on any atom is -0.365 e. The third-order valence-corrected chi connectivity index (χ3v) is 3.57. The monoisotopic (exact) mass is 235 g/mol. The van der Waals surface area contributed by atoms with Gasteiger partial charge < -0.3 is 16.0 Å². The lowest BCUT2D eigenvalue weighted by molar-refractivity contribution is -0.966. The molecule has 2 atom stereocenters. The molecule has 1 aliphatic rings. The molecule has 4 heteroatoms. The molecule has 4 nitrogen and oxygen atoms in total. The molecule has 0 aliphatic carbocycles. The maximum atomic E-state index is 11.0. The van der Waals surface area contributed by atoms with Crippen LogP contribution in [0.2, 0.25) is 0 Å². The zero-order valence-corrected chi connectivity index (χ0v) is 10.3. The fourth-order valence-electron chi connectivity index (χ4n) is 2.71. The first-order valence-corrected chi connectivity index (χ1v) is 6.12. The number of benzene rings is 1. The molecule has 0 aromatic heterocycles. The molecule has 1 saturated heterocycles. The Kier molecular flexibility index (Phi) is 3.45. The minimum absolute atomic E-state index is 0.0598. The highest BCUT2D eigenvalue weighted by molar-refractivity contribution is 5.74. The third-order valence-electron chi connectivity index (χ3n) is 3.57. The number of nitrogens with one attached hydrogen (secondary N) is 1. The Morgan fingerprint density at radius 2 is 2.18 bits per heavy atom. The summed E-state index contributed by atoms with van der Waals surface area (Å²) in [7, 11) is 0. The number of carbonyl (C=O) groups excluding carboxylic acids is 1. The molecule has 92 valence electrons. The summed E-state index contributed by atoms with van der Waals surface area (Å²) in [5.74, 6) is -0.211. The first-order valence-electron chi connectivity index (χ1n) is 6.12. The molecular formula is C13H21N3O+2. The number of nitrogens with two attached hydrogens (primary N) is 2. The number of amides is 1. The maximum absolute atomic E-state index is 11.0. The largest absolute Gasteiger partial charge is 0.365 e. The van der Waals surface area contributed by atoms with Crippen LogP contribution in [0.25, 0.3) is 0 Å². The van der Waals surface area contributed by atoms with E-state index in [1.807, 2.05) is 6.07 Å². The van der Waals surface area contributed by atoms with Gasteiger partial charge in [-0.1, -0.05) is 30.3 Å². The van der Waals surface area contributed by atoms with E-state index in [1.54, 1.807) is 0 Å². The summed E-state index contributed by atoms with van der Waals surface area (Å²) in [6.45, 7) is 5.66. The van der Waals surface area contributed by atoms with Gasteiger partial charge in [0.05, 0.1) is 0 Å². The van der Waals surface area contributed by atoms with Crippen LogP contribution in [-0.4, -0.2) is 32.1 Å². The van der Waals surface area contributed by atoms with Gasteiger partial charge in [-0.3, -0.25) is 4.79 Å². The molecule has 0 saturated carbocycles. The number of carbonyl (C=O) groups is 1. The fraction of sp³-hybridized carbons (Fsp3) is 0.462. The normalized spacial score (nSPS) is 28.9. The number of quaternary nitrogens is 2. The number of rotatable bonds is 3. The molecular weight excluding hydrogens is 214 g/mol. The maximum Gasteiger partial charge on any atom is 0.272 e. The number of primary amides is 1. The second-order valence-electron chi connectivity index (χ2n) is 5.10. The van der Waals surface area contributed by atoms with E-state index in [-0.39, 0.29) is 11.4 Å². The van der Waals surface area contributed by atoms with Crippen LogP contribution in [0.1, 0.15) is 12.5 Å². The Morgan fingerprint density at radius 3 is 2.82 bits per heavy atom. The molecule has 0 spiro atoms. The van der Waals surface area contributed by atoms with E-state index in [9.17, 15) is 4.79 Å². The molecule has 2 rings (SSSR count). The summed E-state index contributed by atoms with van der Waals surface area (Å²) >= 11 is 0. The van der Waals surface area contributed by atoms with Crippen LogP contribution < -0.4 is 16.0 Å². The summed E-state index contributed by atoms with van der Waals surface area (Å²) in [4.78, 5) is 12.3. The SMILES string of the molecule is C[C@]1(c2ccccc2)C[NH+](CC(N)=O)CC[NH2+]1. The van der Waals surface area contributed by atoms with Gasteiger partial charge in [0.15, 0.2) is 12.1 Å². The second kappa shape index (κ2) is 4.85. The zero-order chi connectivity index (χ0) is 12.3. The molecule has 1 unspecified atom stereocenters. The van der Waals surface area contributed by atoms with Crippen molar-refractivity contribution in [2.45, 2.75) is 12.5 Å². The van der Waals surface area contributed by atoms with Crippen molar-refractivity contribution in [2.24, 2.45) is 5.73 Å². The summed E-state index contributed by atoms with van der Waals surface area (Å²) in [5, 5.41) is 2.37. The fourth-order valence-corrected chi connectivity index (χ4v) is 2.71. The van der Waals surface area contributed by atoms with Crippen molar-refractivity contribution in [1.82, 2.24) is 0 Å². The molecule has 1 aliphatic heterocycles. The summed E-state index contributed by atoms with van der Waals surface area (Å²) < 4.78 is 0. The van der Waals surface area contributed by atoms with E-state index in [1.165, 1.54) is 10.5 Å². The average molecular weight is 235 g/mol. The van der Waals surface area contributed by atoms with Crippen LogP contribution in [-0.2, 0) is 10.3 Å². The van der Waals surface area contributed by atoms with Crippen molar-refractivity contribution in [3.8, 4) is 0 Å². The predicted octanol–water partition coefficient (Wildman–Crippen LogP) is -2.15. The highest BCUT2D eigenvalue weighted by Crippen LogP contribution is 2.14. The number of hydrogen-bond donors (Lipinski definition) is 3. The van der Waals surface area contributed by atoms with Gasteiger partial charge >= 0.3 is 0 Å². The van der Waals surface area contributed by atoms with Crippen LogP contribution in [0, 0.1) is 0 Å². The Labute approximate surface area is 102 Å². The zero-order valence-electron chi connectivity index (χ0n) is 10.3. The Hall–Kier alpha value is -1.39. The summed E-state index contributed by atoms with van der Waals surface area (Å²) in [5.41, 5.74) is 6.66. The molecule has 1 heterocycles. The molecule has 0 bridgehead atoms. The van der Waals surface area contributed by atoms with Gasteiger partial charge in [-0.05, 0) is 0 Å². The summed E-state index contributed by atoms with van der Waals surface area (Å²) in [6.07, 6.45) is 0. The van der Waals surface area contributed by atoms with E-state index >= 15 is 0 Å². The molecule has 1 aromatic rings. The standard InChI is InChI=1S/C13H19N3O/c1-13(11-5-3-2-4-6-11)10-16(8-7-15-13)9-12(14)17/h2-6,15H,7-10H2,1H3,(H2,14,17)/p+2/t13-/m1/s1. The van der Waals surface area contributed by atoms with Gasteiger partial charge in [0.25, 0.3) is 5.91 Å². The Balaban J connectivity index is 2.12. The number of piperazine rings is 1. The van der Waals surface area contributed by atoms with Crippen molar-refractivity contribution < 1.29 is 15.0 Å². The van der Waals surface area contributed by atoms with Gasteiger partial charge in [0.1, 0.15) is 19.6 Å². The molecule has 1 aromatic carbocycles. The van der Waals surface area contributed by atoms with E-state index in [0.717, 1.165) is 19.6 Å². The lowest BCUT2D eigenvalue weighted by Gasteiger charge is -2.35. The topological polar surface area (TPSA) is 64.1 Å². The van der Waals surface area contributed by atoms with Crippen molar-refractivity contribution in [3.63, 3.8) is 0 Å². The Morgan fingerprint density at radius 1 is 1.47 bits per heavy atom. The molecule has 0 radical (unpaired) electrons. The van der Waals surface area contributed by atoms with Gasteiger partial charge in [-0.15, -0.1) is 0 Å². The van der Waals surface area contributed by atoms with Crippen LogP contribution in [0.5, 0.6) is 0 Å². The molecule has 1 fully saturated rings. The van der Waals surface area contributed by atoms with E-state index < -0.39 is 0 Å². The Bertz CT molecular complexity index is 393. The smallest absolute Gasteiger partial charge is 0.272 e. The van der Waals surface area contributed by atoms with Crippen molar-refractivity contribution in [1.29, 1.82) is 0 Å². The second-order valence-corrected chi connectivity index (χ2v) is 5.10. The van der Waals surface area contributed by atoms with Crippen LogP contribution in [0.4, 0.5) is 0 Å². The van der Waals surface area contributed by atoms with E-state index in [4.69, 9.17) is 5.73 Å². The van der Waals surface area contributed by atoms with Crippen molar-refractivity contribution >= 4 is 5.91 Å². The van der Waals surface area contributed by atoms with Gasteiger partial charge in [-0.25, -0.2) is 0 Å². The van der Waals surface area contributed by atoms with Crippen LogP contribution in [0.15, 0.2) is 30.3 Å². The molecule has 5 N–H and O–H groups in total. The molecule has 17 heavy (non-hydrogen) atoms. The lowest BCUT2D eigenvalue weighted by atomic mass is 9.89. The predicted molar refractivity (Wildman–Crippen MR) is 65.3 cm³/mol. The van der Waals surface area contributed by atoms with Crippen molar-refractivity contribution in [2.75, 3.05) is 26.2 Å². The van der Waals surface area contributed by atoms with E-state index in [2.05, 4.69) is 36.5 Å². The molecule has 1 amide bonds. The van der Waals surface area contributed by atoms with Crippen LogP contribution in [0.3, 0.4) is 0 Å². The third kappa shape index (κ3) is 2.84. The first kappa shape index (κ1) is 12.1. The highest BCUT2D eigenvalue weighted by Gasteiger charge is 2.39. The summed E-state index contributed by atoms with van der Waals surface area (Å²) in [6, 6.07) is 10.5. The van der Waals surface area contributed by atoms with Crippen LogP contribution >= 0.6 is 0 Å². The number of hydrogen-bond acceptors (Lipinski definition) is 1. The minimum atomic E-state index is -0.211.